The van der Waals surface area contributed by atoms with Crippen LogP contribution in [0.4, 0.5) is 4.79 Å². The summed E-state index contributed by atoms with van der Waals surface area (Å²) in [5.41, 5.74) is 1.49. The van der Waals surface area contributed by atoms with Crippen molar-refractivity contribution in [3.8, 4) is 0 Å². The molecule has 2 rings (SSSR count). The lowest BCUT2D eigenvalue weighted by Gasteiger charge is -2.28. The summed E-state index contributed by atoms with van der Waals surface area (Å²) in [4.78, 5) is 51.4. The normalized spacial score (nSPS) is 11.3. The van der Waals surface area contributed by atoms with Crippen molar-refractivity contribution in [3.63, 3.8) is 0 Å². The SMILES string of the molecule is CCOC(=O)CN(Cc1ccccc1)C(=O)[C@@H](NC(=O)OC(C)C)c1ccc(C(=O)OC)cc1. The second kappa shape index (κ2) is 13.0. The van der Waals surface area contributed by atoms with Crippen molar-refractivity contribution in [1.29, 1.82) is 0 Å². The van der Waals surface area contributed by atoms with Crippen molar-refractivity contribution in [2.24, 2.45) is 0 Å². The summed E-state index contributed by atoms with van der Waals surface area (Å²) in [6.45, 7) is 5.03. The molecule has 0 aliphatic rings. The molecule has 0 bridgehead atoms. The second-order valence-electron chi connectivity index (χ2n) is 7.63. The Hall–Kier alpha value is -3.88. The molecule has 182 valence electrons. The van der Waals surface area contributed by atoms with Gasteiger partial charge in [-0.15, -0.1) is 0 Å². The van der Waals surface area contributed by atoms with Gasteiger partial charge in [0.25, 0.3) is 5.91 Å². The highest BCUT2D eigenvalue weighted by Gasteiger charge is 2.30. The van der Waals surface area contributed by atoms with Crippen LogP contribution in [0.25, 0.3) is 0 Å². The van der Waals surface area contributed by atoms with E-state index in [9.17, 15) is 19.2 Å². The monoisotopic (exact) mass is 470 g/mol. The number of nitrogens with one attached hydrogen (secondary N) is 1. The fraction of sp³-hybridized carbons (Fsp3) is 0.360. The Morgan fingerprint density at radius 1 is 0.971 bits per heavy atom. The lowest BCUT2D eigenvalue weighted by molar-refractivity contribution is -0.150. The quantitative estimate of drug-likeness (QED) is 0.419. The van der Waals surface area contributed by atoms with E-state index in [0.29, 0.717) is 5.56 Å². The van der Waals surface area contributed by atoms with Crippen molar-refractivity contribution in [2.75, 3.05) is 20.3 Å². The lowest BCUT2D eigenvalue weighted by Crippen LogP contribution is -2.45. The van der Waals surface area contributed by atoms with Gasteiger partial charge < -0.3 is 24.4 Å². The number of rotatable bonds is 10. The average Bonchev–Trinajstić information content (AvgIpc) is 2.81. The maximum Gasteiger partial charge on any atom is 0.408 e. The molecular formula is C25H30N2O7. The molecule has 0 fully saturated rings. The predicted octanol–water partition coefficient (Wildman–Crippen LogP) is 3.24. The highest BCUT2D eigenvalue weighted by molar-refractivity contribution is 5.91. The largest absolute Gasteiger partial charge is 0.465 e. The van der Waals surface area contributed by atoms with E-state index in [1.807, 2.05) is 30.3 Å². The van der Waals surface area contributed by atoms with Gasteiger partial charge in [0.1, 0.15) is 12.6 Å². The molecule has 0 aliphatic carbocycles. The molecule has 34 heavy (non-hydrogen) atoms. The van der Waals surface area contributed by atoms with E-state index >= 15 is 0 Å². The van der Waals surface area contributed by atoms with Crippen LogP contribution in [0.3, 0.4) is 0 Å². The first-order chi connectivity index (χ1) is 16.2. The Morgan fingerprint density at radius 3 is 2.18 bits per heavy atom. The number of carbonyl (C=O) groups is 4. The van der Waals surface area contributed by atoms with E-state index in [1.54, 1.807) is 20.8 Å². The van der Waals surface area contributed by atoms with Crippen LogP contribution >= 0.6 is 0 Å². The highest BCUT2D eigenvalue weighted by Crippen LogP contribution is 2.20. The van der Waals surface area contributed by atoms with Gasteiger partial charge in [-0.25, -0.2) is 9.59 Å². The smallest absolute Gasteiger partial charge is 0.408 e. The number of hydrogen-bond donors (Lipinski definition) is 1. The van der Waals surface area contributed by atoms with Crippen LogP contribution in [0.15, 0.2) is 54.6 Å². The first kappa shape index (κ1) is 26.4. The Morgan fingerprint density at radius 2 is 1.62 bits per heavy atom. The Labute approximate surface area is 199 Å². The van der Waals surface area contributed by atoms with Gasteiger partial charge in [0.15, 0.2) is 0 Å². The minimum absolute atomic E-state index is 0.121. The third kappa shape index (κ3) is 7.91. The molecule has 2 amide bonds. The number of alkyl carbamates (subject to hydrolysis) is 1. The Kier molecular flexibility index (Phi) is 10.1. The molecule has 9 nitrogen and oxygen atoms in total. The van der Waals surface area contributed by atoms with E-state index in [4.69, 9.17) is 14.2 Å². The van der Waals surface area contributed by atoms with E-state index in [0.717, 1.165) is 5.56 Å². The highest BCUT2D eigenvalue weighted by atomic mass is 16.6. The zero-order valence-electron chi connectivity index (χ0n) is 19.8. The van der Waals surface area contributed by atoms with Crippen molar-refractivity contribution in [3.05, 3.63) is 71.3 Å². The summed E-state index contributed by atoms with van der Waals surface area (Å²) >= 11 is 0. The zero-order valence-corrected chi connectivity index (χ0v) is 19.8. The lowest BCUT2D eigenvalue weighted by atomic mass is 10.0. The molecule has 2 aromatic rings. The minimum Gasteiger partial charge on any atom is -0.465 e. The summed E-state index contributed by atoms with van der Waals surface area (Å²) in [7, 11) is 1.27. The fourth-order valence-corrected chi connectivity index (χ4v) is 3.14. The van der Waals surface area contributed by atoms with Crippen LogP contribution in [-0.4, -0.2) is 55.2 Å². The minimum atomic E-state index is -1.17. The van der Waals surface area contributed by atoms with E-state index < -0.39 is 36.1 Å². The summed E-state index contributed by atoms with van der Waals surface area (Å²) in [6.07, 6.45) is -1.20. The van der Waals surface area contributed by atoms with Gasteiger partial charge >= 0.3 is 18.0 Å². The van der Waals surface area contributed by atoms with E-state index in [1.165, 1.54) is 36.3 Å². The zero-order chi connectivity index (χ0) is 25.1. The van der Waals surface area contributed by atoms with Gasteiger partial charge in [0.05, 0.1) is 25.4 Å². The van der Waals surface area contributed by atoms with E-state index in [-0.39, 0.29) is 25.3 Å². The number of amides is 2. The third-order valence-corrected chi connectivity index (χ3v) is 4.67. The number of nitrogens with zero attached hydrogens (tertiary/aromatic N) is 1. The molecule has 1 atom stereocenters. The maximum atomic E-state index is 13.6. The molecular weight excluding hydrogens is 440 g/mol. The Balaban J connectivity index is 2.39. The topological polar surface area (TPSA) is 111 Å². The molecule has 0 heterocycles. The third-order valence-electron chi connectivity index (χ3n) is 4.67. The molecule has 1 N–H and O–H groups in total. The number of carbonyl (C=O) groups excluding carboxylic acids is 4. The average molecular weight is 471 g/mol. The molecule has 0 aliphatic heterocycles. The molecule has 0 radical (unpaired) electrons. The van der Waals surface area contributed by atoms with Crippen LogP contribution in [0.2, 0.25) is 0 Å². The molecule has 9 heteroatoms. The van der Waals surface area contributed by atoms with Gasteiger partial charge in [-0.2, -0.15) is 0 Å². The van der Waals surface area contributed by atoms with Crippen LogP contribution in [-0.2, 0) is 30.3 Å². The van der Waals surface area contributed by atoms with Crippen LogP contribution in [0.5, 0.6) is 0 Å². The number of ether oxygens (including phenoxy) is 3. The predicted molar refractivity (Wildman–Crippen MR) is 124 cm³/mol. The van der Waals surface area contributed by atoms with Gasteiger partial charge in [-0.3, -0.25) is 9.59 Å². The van der Waals surface area contributed by atoms with Crippen molar-refractivity contribution < 1.29 is 33.4 Å². The Bertz CT molecular complexity index is 975. The van der Waals surface area contributed by atoms with Crippen molar-refractivity contribution >= 4 is 23.9 Å². The maximum absolute atomic E-state index is 13.6. The molecule has 0 saturated carbocycles. The van der Waals surface area contributed by atoms with E-state index in [2.05, 4.69) is 5.32 Å². The summed E-state index contributed by atoms with van der Waals surface area (Å²) < 4.78 is 14.9. The van der Waals surface area contributed by atoms with Gasteiger partial charge in [-0.05, 0) is 44.0 Å². The first-order valence-corrected chi connectivity index (χ1v) is 10.9. The fourth-order valence-electron chi connectivity index (χ4n) is 3.14. The number of methoxy groups -OCH3 is 1. The molecule has 0 spiro atoms. The van der Waals surface area contributed by atoms with Crippen LogP contribution in [0, 0.1) is 0 Å². The first-order valence-electron chi connectivity index (χ1n) is 10.9. The van der Waals surface area contributed by atoms with Crippen LogP contribution < -0.4 is 5.32 Å². The number of hydrogen-bond acceptors (Lipinski definition) is 7. The van der Waals surface area contributed by atoms with Crippen LogP contribution in [0.1, 0.15) is 48.3 Å². The second-order valence-corrected chi connectivity index (χ2v) is 7.63. The molecule has 2 aromatic carbocycles. The summed E-state index contributed by atoms with van der Waals surface area (Å²) in [5, 5.41) is 2.58. The van der Waals surface area contributed by atoms with Gasteiger partial charge in [0, 0.05) is 6.54 Å². The molecule has 0 aromatic heterocycles. The number of esters is 2. The summed E-state index contributed by atoms with van der Waals surface area (Å²) in [5.74, 6) is -1.64. The van der Waals surface area contributed by atoms with Crippen molar-refractivity contribution in [1.82, 2.24) is 10.2 Å². The summed E-state index contributed by atoms with van der Waals surface area (Å²) in [6, 6.07) is 14.0. The molecule has 0 unspecified atom stereocenters. The standard InChI is InChI=1S/C25H30N2O7/c1-5-33-21(28)16-27(15-18-9-7-6-8-10-18)23(29)22(26-25(31)34-17(2)3)19-11-13-20(14-12-19)24(30)32-4/h6-14,17,22H,5,15-16H2,1-4H3,(H,26,31)/t22-/m0/s1. The van der Waals surface area contributed by atoms with Gasteiger partial charge in [-0.1, -0.05) is 42.5 Å². The van der Waals surface area contributed by atoms with Gasteiger partial charge in [0.2, 0.25) is 0 Å². The molecule has 0 saturated heterocycles. The van der Waals surface area contributed by atoms with Crippen molar-refractivity contribution in [2.45, 2.75) is 39.5 Å². The number of benzene rings is 2.